The molecule has 1 saturated heterocycles. The summed E-state index contributed by atoms with van der Waals surface area (Å²) >= 11 is 5.36. The predicted octanol–water partition coefficient (Wildman–Crippen LogP) is 3.63. The van der Waals surface area contributed by atoms with Gasteiger partial charge in [0.15, 0.2) is 5.11 Å². The third kappa shape index (κ3) is 7.27. The first-order chi connectivity index (χ1) is 15.8. The molecule has 176 valence electrons. The van der Waals surface area contributed by atoms with Crippen molar-refractivity contribution >= 4 is 34.8 Å². The molecule has 1 aliphatic rings. The first-order valence-corrected chi connectivity index (χ1v) is 11.7. The van der Waals surface area contributed by atoms with Gasteiger partial charge in [-0.3, -0.25) is 14.9 Å². The standard InChI is InChI=1S/C25H32N4O3S/c1-18(2)11-16-32-20-8-6-7-19(17-20)23(30)27-25(33)26-22-10-5-4-9-21(22)24(31)29-14-12-28(3)13-15-29/h4-10,17-18H,11-16H2,1-3H3,(H2,26,27,30,33). The lowest BCUT2D eigenvalue weighted by molar-refractivity contribution is 0.0665. The average Bonchev–Trinajstić information content (AvgIpc) is 2.79. The Kier molecular flexibility index (Phi) is 8.79. The van der Waals surface area contributed by atoms with Crippen LogP contribution in [-0.4, -0.2) is 66.6 Å². The van der Waals surface area contributed by atoms with Gasteiger partial charge >= 0.3 is 0 Å². The molecular weight excluding hydrogens is 436 g/mol. The second-order valence-corrected chi connectivity index (χ2v) is 9.02. The molecule has 7 nitrogen and oxygen atoms in total. The molecule has 1 heterocycles. The van der Waals surface area contributed by atoms with Crippen LogP contribution >= 0.6 is 12.2 Å². The molecule has 0 aliphatic carbocycles. The Balaban J connectivity index is 1.61. The van der Waals surface area contributed by atoms with Gasteiger partial charge in [0.2, 0.25) is 0 Å². The highest BCUT2D eigenvalue weighted by molar-refractivity contribution is 7.80. The second kappa shape index (κ2) is 11.8. The fraction of sp³-hybridized carbons (Fsp3) is 0.400. The Hall–Kier alpha value is -2.97. The van der Waals surface area contributed by atoms with Gasteiger partial charge in [-0.1, -0.05) is 32.0 Å². The summed E-state index contributed by atoms with van der Waals surface area (Å²) in [5.74, 6) is 0.799. The minimum atomic E-state index is -0.343. The molecule has 1 fully saturated rings. The number of likely N-dealkylation sites (N-methyl/N-ethyl adjacent to an activating group) is 1. The normalized spacial score (nSPS) is 14.1. The fourth-order valence-corrected chi connectivity index (χ4v) is 3.63. The van der Waals surface area contributed by atoms with E-state index >= 15 is 0 Å². The highest BCUT2D eigenvalue weighted by atomic mass is 32.1. The van der Waals surface area contributed by atoms with E-state index in [9.17, 15) is 9.59 Å². The summed E-state index contributed by atoms with van der Waals surface area (Å²) in [6, 6.07) is 14.2. The van der Waals surface area contributed by atoms with Crippen LogP contribution in [0.2, 0.25) is 0 Å². The Bertz CT molecular complexity index is 987. The molecule has 0 aromatic heterocycles. The first kappa shape index (κ1) is 24.7. The van der Waals surface area contributed by atoms with Crippen molar-refractivity contribution in [3.63, 3.8) is 0 Å². The quantitative estimate of drug-likeness (QED) is 0.605. The average molecular weight is 469 g/mol. The topological polar surface area (TPSA) is 73.9 Å². The number of nitrogens with one attached hydrogen (secondary N) is 2. The summed E-state index contributed by atoms with van der Waals surface area (Å²) in [5, 5.41) is 5.83. The Morgan fingerprint density at radius 1 is 1.06 bits per heavy atom. The van der Waals surface area contributed by atoms with Crippen LogP contribution in [-0.2, 0) is 0 Å². The van der Waals surface area contributed by atoms with E-state index < -0.39 is 0 Å². The predicted molar refractivity (Wildman–Crippen MR) is 135 cm³/mol. The van der Waals surface area contributed by atoms with E-state index in [1.165, 1.54) is 0 Å². The number of hydrogen-bond donors (Lipinski definition) is 2. The van der Waals surface area contributed by atoms with Crippen LogP contribution in [0.3, 0.4) is 0 Å². The number of nitrogens with zero attached hydrogens (tertiary/aromatic N) is 2. The van der Waals surface area contributed by atoms with Gasteiger partial charge in [-0.15, -0.1) is 0 Å². The van der Waals surface area contributed by atoms with Crippen molar-refractivity contribution in [2.75, 3.05) is 45.2 Å². The lowest BCUT2D eigenvalue weighted by Crippen LogP contribution is -2.47. The van der Waals surface area contributed by atoms with Gasteiger partial charge in [-0.05, 0) is 61.9 Å². The van der Waals surface area contributed by atoms with Crippen molar-refractivity contribution in [1.82, 2.24) is 15.1 Å². The molecule has 0 atom stereocenters. The van der Waals surface area contributed by atoms with E-state index in [0.29, 0.717) is 48.2 Å². The molecule has 3 rings (SSSR count). The molecule has 2 aromatic carbocycles. The first-order valence-electron chi connectivity index (χ1n) is 11.3. The zero-order chi connectivity index (χ0) is 23.8. The lowest BCUT2D eigenvalue weighted by Gasteiger charge is -2.32. The van der Waals surface area contributed by atoms with E-state index in [2.05, 4.69) is 29.4 Å². The van der Waals surface area contributed by atoms with E-state index in [0.717, 1.165) is 19.5 Å². The van der Waals surface area contributed by atoms with Crippen LogP contribution in [0.5, 0.6) is 5.75 Å². The van der Waals surface area contributed by atoms with Gasteiger partial charge in [0.05, 0.1) is 17.9 Å². The van der Waals surface area contributed by atoms with Crippen LogP contribution in [0, 0.1) is 5.92 Å². The summed E-state index contributed by atoms with van der Waals surface area (Å²) in [4.78, 5) is 29.8. The minimum absolute atomic E-state index is 0.0495. The van der Waals surface area contributed by atoms with E-state index in [1.54, 1.807) is 30.3 Å². The number of para-hydroxylation sites is 1. The van der Waals surface area contributed by atoms with Crippen molar-refractivity contribution in [3.8, 4) is 5.75 Å². The summed E-state index contributed by atoms with van der Waals surface area (Å²) in [5.41, 5.74) is 1.54. The Morgan fingerprint density at radius 3 is 2.52 bits per heavy atom. The minimum Gasteiger partial charge on any atom is -0.494 e. The summed E-state index contributed by atoms with van der Waals surface area (Å²) in [6.07, 6.45) is 0.941. The zero-order valence-corrected chi connectivity index (χ0v) is 20.3. The molecule has 1 aliphatic heterocycles. The smallest absolute Gasteiger partial charge is 0.257 e. The zero-order valence-electron chi connectivity index (χ0n) is 19.5. The van der Waals surface area contributed by atoms with E-state index in [1.807, 2.05) is 30.1 Å². The molecule has 0 bridgehead atoms. The van der Waals surface area contributed by atoms with Crippen molar-refractivity contribution in [1.29, 1.82) is 0 Å². The van der Waals surface area contributed by atoms with Gasteiger partial charge in [-0.2, -0.15) is 0 Å². The lowest BCUT2D eigenvalue weighted by atomic mass is 10.1. The third-order valence-corrected chi connectivity index (χ3v) is 5.69. The molecule has 33 heavy (non-hydrogen) atoms. The summed E-state index contributed by atoms with van der Waals surface area (Å²) < 4.78 is 5.74. The largest absolute Gasteiger partial charge is 0.494 e. The molecule has 2 aromatic rings. The highest BCUT2D eigenvalue weighted by Gasteiger charge is 2.22. The number of ether oxygens (including phenoxy) is 1. The maximum absolute atomic E-state index is 13.0. The maximum Gasteiger partial charge on any atom is 0.257 e. The van der Waals surface area contributed by atoms with Crippen molar-refractivity contribution in [2.45, 2.75) is 20.3 Å². The number of piperazine rings is 1. The van der Waals surface area contributed by atoms with Gasteiger partial charge in [-0.25, -0.2) is 0 Å². The number of thiocarbonyl (C=S) groups is 1. The molecule has 8 heteroatoms. The molecule has 0 unspecified atom stereocenters. The summed E-state index contributed by atoms with van der Waals surface area (Å²) in [6.45, 7) is 7.92. The van der Waals surface area contributed by atoms with Crippen molar-refractivity contribution in [3.05, 3.63) is 59.7 Å². The molecule has 2 N–H and O–H groups in total. The monoisotopic (exact) mass is 468 g/mol. The maximum atomic E-state index is 13.0. The SMILES string of the molecule is CC(C)CCOc1cccc(C(=O)NC(=S)Nc2ccccc2C(=O)N2CCN(C)CC2)c1. The van der Waals surface area contributed by atoms with Gasteiger partial charge in [0, 0.05) is 31.7 Å². The number of hydrogen-bond acceptors (Lipinski definition) is 5. The molecule has 0 saturated carbocycles. The number of benzene rings is 2. The van der Waals surface area contributed by atoms with Crippen LogP contribution < -0.4 is 15.4 Å². The number of carbonyl (C=O) groups is 2. The summed E-state index contributed by atoms with van der Waals surface area (Å²) in [7, 11) is 2.05. The Morgan fingerprint density at radius 2 is 1.79 bits per heavy atom. The van der Waals surface area contributed by atoms with Crippen molar-refractivity contribution < 1.29 is 14.3 Å². The van der Waals surface area contributed by atoms with Gasteiger partial charge < -0.3 is 19.9 Å². The number of carbonyl (C=O) groups excluding carboxylic acids is 2. The van der Waals surface area contributed by atoms with Crippen LogP contribution in [0.15, 0.2) is 48.5 Å². The molecule has 0 spiro atoms. The molecular formula is C25H32N4O3S. The second-order valence-electron chi connectivity index (χ2n) is 8.61. The van der Waals surface area contributed by atoms with E-state index in [4.69, 9.17) is 17.0 Å². The highest BCUT2D eigenvalue weighted by Crippen LogP contribution is 2.19. The van der Waals surface area contributed by atoms with Gasteiger partial charge in [0.25, 0.3) is 11.8 Å². The van der Waals surface area contributed by atoms with Crippen molar-refractivity contribution in [2.24, 2.45) is 5.92 Å². The van der Waals surface area contributed by atoms with E-state index in [-0.39, 0.29) is 16.9 Å². The Labute approximate surface area is 201 Å². The van der Waals surface area contributed by atoms with Gasteiger partial charge in [0.1, 0.15) is 5.75 Å². The number of amides is 2. The van der Waals surface area contributed by atoms with Crippen LogP contribution in [0.4, 0.5) is 5.69 Å². The van der Waals surface area contributed by atoms with Crippen LogP contribution in [0.1, 0.15) is 41.0 Å². The fourth-order valence-electron chi connectivity index (χ4n) is 3.43. The number of anilines is 1. The van der Waals surface area contributed by atoms with Crippen LogP contribution in [0.25, 0.3) is 0 Å². The number of rotatable bonds is 7. The third-order valence-electron chi connectivity index (χ3n) is 5.48. The molecule has 0 radical (unpaired) electrons. The molecule has 2 amide bonds.